The number of hydrogen-bond acceptors (Lipinski definition) is 4. The van der Waals surface area contributed by atoms with Crippen molar-refractivity contribution in [2.24, 2.45) is 5.92 Å². The first-order valence-electron chi connectivity index (χ1n) is 9.30. The Hall–Kier alpha value is -2.37. The summed E-state index contributed by atoms with van der Waals surface area (Å²) < 4.78 is 4.72. The molecule has 2 amide bonds. The van der Waals surface area contributed by atoms with Gasteiger partial charge in [-0.25, -0.2) is 4.79 Å². The van der Waals surface area contributed by atoms with Gasteiger partial charge in [-0.15, -0.1) is 0 Å². The topological polar surface area (TPSA) is 84.5 Å². The van der Waals surface area contributed by atoms with Gasteiger partial charge in [-0.1, -0.05) is 46.8 Å². The molecule has 0 fully saturated rings. The van der Waals surface area contributed by atoms with Gasteiger partial charge in [-0.05, 0) is 35.4 Å². The minimum absolute atomic E-state index is 0.0270. The van der Waals surface area contributed by atoms with Crippen LogP contribution in [0.5, 0.6) is 0 Å². The molecule has 0 bridgehead atoms. The van der Waals surface area contributed by atoms with Crippen molar-refractivity contribution in [1.29, 1.82) is 0 Å². The molecule has 6 heteroatoms. The second kappa shape index (κ2) is 10.1. The normalized spacial score (nSPS) is 12.4. The fraction of sp³-hybridized carbons (Fsp3) is 0.571. The maximum atomic E-state index is 12.2. The Labute approximate surface area is 162 Å². The van der Waals surface area contributed by atoms with E-state index in [1.807, 2.05) is 26.0 Å². The van der Waals surface area contributed by atoms with E-state index in [0.29, 0.717) is 12.0 Å². The van der Waals surface area contributed by atoms with Crippen molar-refractivity contribution in [3.8, 4) is 0 Å². The molecule has 0 saturated carbocycles. The summed E-state index contributed by atoms with van der Waals surface area (Å²) in [6.45, 7) is 10.5. The highest BCUT2D eigenvalue weighted by molar-refractivity contribution is 5.94. The highest BCUT2D eigenvalue weighted by Gasteiger charge is 2.22. The Balaban J connectivity index is 2.50. The highest BCUT2D eigenvalue weighted by Crippen LogP contribution is 2.22. The first kappa shape index (κ1) is 22.7. The molecule has 1 atom stereocenters. The van der Waals surface area contributed by atoms with Gasteiger partial charge in [0.1, 0.15) is 6.04 Å². The summed E-state index contributed by atoms with van der Waals surface area (Å²) in [7, 11) is 1.30. The fourth-order valence-electron chi connectivity index (χ4n) is 2.61. The second-order valence-corrected chi connectivity index (χ2v) is 8.11. The molecule has 1 unspecified atom stereocenters. The van der Waals surface area contributed by atoms with Crippen LogP contribution in [0.2, 0.25) is 0 Å². The van der Waals surface area contributed by atoms with Gasteiger partial charge in [-0.2, -0.15) is 0 Å². The van der Waals surface area contributed by atoms with Gasteiger partial charge >= 0.3 is 5.97 Å². The fourth-order valence-corrected chi connectivity index (χ4v) is 2.61. The molecule has 1 rings (SSSR count). The molecule has 0 aliphatic rings. The molecule has 0 saturated heterocycles. The van der Waals surface area contributed by atoms with Crippen molar-refractivity contribution in [2.45, 2.75) is 58.9 Å². The van der Waals surface area contributed by atoms with E-state index in [0.717, 1.165) is 5.56 Å². The Morgan fingerprint density at radius 3 is 2.15 bits per heavy atom. The van der Waals surface area contributed by atoms with Gasteiger partial charge in [0.15, 0.2) is 0 Å². The SMILES string of the molecule is COC(=O)C(CC(C)C)NC(=O)CCNC(=O)c1ccc(C(C)(C)C)cc1. The monoisotopic (exact) mass is 376 g/mol. The molecule has 150 valence electrons. The lowest BCUT2D eigenvalue weighted by Crippen LogP contribution is -2.43. The van der Waals surface area contributed by atoms with Gasteiger partial charge in [0.25, 0.3) is 5.91 Å². The van der Waals surface area contributed by atoms with Crippen LogP contribution in [0.3, 0.4) is 0 Å². The van der Waals surface area contributed by atoms with E-state index in [4.69, 9.17) is 4.74 Å². The molecule has 6 nitrogen and oxygen atoms in total. The van der Waals surface area contributed by atoms with Crippen LogP contribution in [0.4, 0.5) is 0 Å². The quantitative estimate of drug-likeness (QED) is 0.683. The molecular formula is C21H32N2O4. The molecule has 0 aromatic heterocycles. The van der Waals surface area contributed by atoms with E-state index in [1.165, 1.54) is 7.11 Å². The summed E-state index contributed by atoms with van der Waals surface area (Å²) in [5.41, 5.74) is 1.73. The lowest BCUT2D eigenvalue weighted by atomic mass is 9.87. The average molecular weight is 376 g/mol. The van der Waals surface area contributed by atoms with Gasteiger partial charge in [-0.3, -0.25) is 9.59 Å². The van der Waals surface area contributed by atoms with Gasteiger partial charge < -0.3 is 15.4 Å². The molecule has 2 N–H and O–H groups in total. The zero-order chi connectivity index (χ0) is 20.6. The van der Waals surface area contributed by atoms with E-state index < -0.39 is 12.0 Å². The third-order valence-corrected chi connectivity index (χ3v) is 4.18. The van der Waals surface area contributed by atoms with Crippen molar-refractivity contribution in [1.82, 2.24) is 10.6 Å². The first-order valence-corrected chi connectivity index (χ1v) is 9.30. The summed E-state index contributed by atoms with van der Waals surface area (Å²) in [6.07, 6.45) is 0.600. The molecule has 0 spiro atoms. The van der Waals surface area contributed by atoms with Crippen LogP contribution < -0.4 is 10.6 Å². The van der Waals surface area contributed by atoms with E-state index in [9.17, 15) is 14.4 Å². The van der Waals surface area contributed by atoms with E-state index in [-0.39, 0.29) is 36.1 Å². The summed E-state index contributed by atoms with van der Waals surface area (Å²) in [6, 6.07) is 6.78. The molecule has 27 heavy (non-hydrogen) atoms. The maximum Gasteiger partial charge on any atom is 0.328 e. The van der Waals surface area contributed by atoms with E-state index >= 15 is 0 Å². The molecule has 1 aromatic carbocycles. The van der Waals surface area contributed by atoms with Crippen molar-refractivity contribution >= 4 is 17.8 Å². The molecule has 0 heterocycles. The number of benzene rings is 1. The minimum atomic E-state index is -0.664. The zero-order valence-corrected chi connectivity index (χ0v) is 17.2. The van der Waals surface area contributed by atoms with Crippen LogP contribution >= 0.6 is 0 Å². The van der Waals surface area contributed by atoms with Crippen LogP contribution in [-0.4, -0.2) is 37.5 Å². The summed E-state index contributed by atoms with van der Waals surface area (Å²) in [4.78, 5) is 36.0. The van der Waals surface area contributed by atoms with Crippen LogP contribution in [0.25, 0.3) is 0 Å². The van der Waals surface area contributed by atoms with Crippen molar-refractivity contribution in [3.05, 3.63) is 35.4 Å². The molecule has 0 aliphatic carbocycles. The van der Waals surface area contributed by atoms with Gasteiger partial charge in [0, 0.05) is 18.5 Å². The third-order valence-electron chi connectivity index (χ3n) is 4.18. The number of hydrogen-bond donors (Lipinski definition) is 2. The summed E-state index contributed by atoms with van der Waals surface area (Å²) in [5, 5.41) is 5.40. The van der Waals surface area contributed by atoms with Crippen LogP contribution in [0.1, 0.15) is 63.4 Å². The Morgan fingerprint density at radius 1 is 1.07 bits per heavy atom. The smallest absolute Gasteiger partial charge is 0.328 e. The predicted molar refractivity (Wildman–Crippen MR) is 105 cm³/mol. The van der Waals surface area contributed by atoms with Gasteiger partial charge in [0.05, 0.1) is 7.11 Å². The number of carbonyl (C=O) groups excluding carboxylic acids is 3. The van der Waals surface area contributed by atoms with Crippen molar-refractivity contribution in [3.63, 3.8) is 0 Å². The summed E-state index contributed by atoms with van der Waals surface area (Å²) >= 11 is 0. The number of methoxy groups -OCH3 is 1. The average Bonchev–Trinajstić information content (AvgIpc) is 2.59. The molecular weight excluding hydrogens is 344 g/mol. The van der Waals surface area contributed by atoms with E-state index in [1.54, 1.807) is 12.1 Å². The maximum absolute atomic E-state index is 12.2. The van der Waals surface area contributed by atoms with Crippen molar-refractivity contribution in [2.75, 3.05) is 13.7 Å². The predicted octanol–water partition coefficient (Wildman–Crippen LogP) is 2.81. The number of rotatable bonds is 8. The first-order chi connectivity index (χ1) is 12.5. The standard InChI is InChI=1S/C21H32N2O4/c1-14(2)13-17(20(26)27-6)23-18(24)11-12-22-19(25)15-7-9-16(10-8-15)21(3,4)5/h7-10,14,17H,11-13H2,1-6H3,(H,22,25)(H,23,24). The van der Waals surface area contributed by atoms with Crippen molar-refractivity contribution < 1.29 is 19.1 Å². The van der Waals surface area contributed by atoms with Crippen LogP contribution in [0, 0.1) is 5.92 Å². The lowest BCUT2D eigenvalue weighted by molar-refractivity contribution is -0.145. The second-order valence-electron chi connectivity index (χ2n) is 8.11. The largest absolute Gasteiger partial charge is 0.467 e. The third kappa shape index (κ3) is 7.81. The molecule has 0 aliphatic heterocycles. The number of ether oxygens (including phenoxy) is 1. The Kier molecular flexibility index (Phi) is 8.47. The number of amides is 2. The Morgan fingerprint density at radius 2 is 1.67 bits per heavy atom. The summed E-state index contributed by atoms with van der Waals surface area (Å²) in [5.74, 6) is -0.741. The number of nitrogens with one attached hydrogen (secondary N) is 2. The number of carbonyl (C=O) groups is 3. The van der Waals surface area contributed by atoms with Gasteiger partial charge in [0.2, 0.25) is 5.91 Å². The van der Waals surface area contributed by atoms with Crippen LogP contribution in [-0.2, 0) is 19.7 Å². The Bertz CT molecular complexity index is 645. The van der Waals surface area contributed by atoms with E-state index in [2.05, 4.69) is 31.4 Å². The minimum Gasteiger partial charge on any atom is -0.467 e. The number of esters is 1. The van der Waals surface area contributed by atoms with Crippen LogP contribution in [0.15, 0.2) is 24.3 Å². The zero-order valence-electron chi connectivity index (χ0n) is 17.2. The molecule has 0 radical (unpaired) electrons. The molecule has 1 aromatic rings. The highest BCUT2D eigenvalue weighted by atomic mass is 16.5. The lowest BCUT2D eigenvalue weighted by Gasteiger charge is -2.19.